The molecule has 0 radical (unpaired) electrons. The fraction of sp³-hybridized carbons (Fsp3) is 0.0385. The van der Waals surface area contributed by atoms with Crippen LogP contribution in [0.25, 0.3) is 88.4 Å². The van der Waals surface area contributed by atoms with E-state index < -0.39 is 23.5 Å². The van der Waals surface area contributed by atoms with Crippen LogP contribution in [0, 0.1) is 22.7 Å². The molecule has 0 aliphatic rings. The summed E-state index contributed by atoms with van der Waals surface area (Å²) in [6, 6.07) is 50.6. The molecule has 10 rings (SSSR count). The number of nitriles is 2. The van der Waals surface area contributed by atoms with Gasteiger partial charge in [-0.15, -0.1) is 0 Å². The van der Waals surface area contributed by atoms with Crippen LogP contribution in [0.3, 0.4) is 0 Å². The maximum atomic E-state index is 15.2. The minimum atomic E-state index is -4.81. The average molecular weight is 823 g/mol. The van der Waals surface area contributed by atoms with E-state index in [1.165, 1.54) is 33.4 Å². The van der Waals surface area contributed by atoms with Crippen LogP contribution in [0.1, 0.15) is 22.3 Å². The van der Waals surface area contributed by atoms with Crippen molar-refractivity contribution in [3.05, 3.63) is 192 Å². The van der Waals surface area contributed by atoms with Gasteiger partial charge in [0.15, 0.2) is 0 Å². The lowest BCUT2D eigenvalue weighted by atomic mass is 9.98. The number of hydrogen-bond donors (Lipinski definition) is 0. The van der Waals surface area contributed by atoms with Crippen molar-refractivity contribution < 1.29 is 26.3 Å². The van der Waals surface area contributed by atoms with Gasteiger partial charge in [-0.25, -0.2) is 0 Å². The molecular formula is C52H28F6N4. The molecule has 0 aliphatic carbocycles. The highest BCUT2D eigenvalue weighted by molar-refractivity contribution is 6.11. The predicted molar refractivity (Wildman–Crippen MR) is 231 cm³/mol. The first-order valence-electron chi connectivity index (χ1n) is 19.4. The Balaban J connectivity index is 1.23. The Bertz CT molecular complexity index is 3300. The van der Waals surface area contributed by atoms with Crippen LogP contribution in [0.4, 0.5) is 26.3 Å². The number of para-hydroxylation sites is 2. The molecule has 8 aromatic carbocycles. The molecule has 10 aromatic rings. The number of hydrogen-bond acceptors (Lipinski definition) is 2. The first-order valence-corrected chi connectivity index (χ1v) is 19.4. The van der Waals surface area contributed by atoms with Gasteiger partial charge in [-0.3, -0.25) is 0 Å². The summed E-state index contributed by atoms with van der Waals surface area (Å²) in [5, 5.41) is 22.5. The van der Waals surface area contributed by atoms with E-state index in [0.29, 0.717) is 77.0 Å². The molecule has 0 spiro atoms. The first-order chi connectivity index (χ1) is 29.9. The third kappa shape index (κ3) is 6.15. The molecule has 0 saturated heterocycles. The van der Waals surface area contributed by atoms with E-state index >= 15 is 26.3 Å². The standard InChI is InChI=1S/C52H28F6N4/c53-51(54,55)43-23-19-31(25-49(43)61-45-15-7-5-13-39(45)41-21-17-33(27-47(41)61)37-11-3-1-9-35(37)29-59)32-20-24-44(52(56,57)58)50(26-32)62-46-16-8-6-14-40(46)42-22-18-34(28-48(42)62)38-12-4-2-10-36(38)30-60/h1-28H. The highest BCUT2D eigenvalue weighted by Crippen LogP contribution is 2.45. The minimum Gasteiger partial charge on any atom is -0.309 e. The number of benzene rings is 8. The second-order valence-corrected chi connectivity index (χ2v) is 14.9. The van der Waals surface area contributed by atoms with Gasteiger partial charge < -0.3 is 9.13 Å². The molecule has 0 N–H and O–H groups in total. The minimum absolute atomic E-state index is 0.217. The van der Waals surface area contributed by atoms with Crippen molar-refractivity contribution in [3.63, 3.8) is 0 Å². The van der Waals surface area contributed by atoms with Gasteiger partial charge >= 0.3 is 12.4 Å². The molecule has 0 unspecified atom stereocenters. The van der Waals surface area contributed by atoms with Crippen molar-refractivity contribution >= 4 is 43.6 Å². The lowest BCUT2D eigenvalue weighted by Gasteiger charge is -2.20. The maximum Gasteiger partial charge on any atom is 0.418 e. The fourth-order valence-electron chi connectivity index (χ4n) is 8.73. The van der Waals surface area contributed by atoms with E-state index in [-0.39, 0.29) is 22.5 Å². The highest BCUT2D eigenvalue weighted by Gasteiger charge is 2.37. The Morgan fingerprint density at radius 2 is 0.710 bits per heavy atom. The van der Waals surface area contributed by atoms with Crippen LogP contribution < -0.4 is 0 Å². The summed E-state index contributed by atoms with van der Waals surface area (Å²) in [5.74, 6) is 0. The van der Waals surface area contributed by atoms with Gasteiger partial charge in [0.05, 0.1) is 67.8 Å². The fourth-order valence-corrected chi connectivity index (χ4v) is 8.73. The Hall–Kier alpha value is -8.08. The van der Waals surface area contributed by atoms with Gasteiger partial charge in [-0.1, -0.05) is 109 Å². The number of aromatic nitrogens is 2. The molecule has 62 heavy (non-hydrogen) atoms. The van der Waals surface area contributed by atoms with Crippen LogP contribution in [-0.2, 0) is 12.4 Å². The third-order valence-corrected chi connectivity index (χ3v) is 11.5. The van der Waals surface area contributed by atoms with E-state index in [1.54, 1.807) is 97.1 Å². The van der Waals surface area contributed by atoms with Crippen molar-refractivity contribution in [2.75, 3.05) is 0 Å². The predicted octanol–water partition coefficient (Wildman–Crippen LogP) is 14.7. The Morgan fingerprint density at radius 3 is 1.11 bits per heavy atom. The molecule has 0 atom stereocenters. The molecule has 4 nitrogen and oxygen atoms in total. The van der Waals surface area contributed by atoms with Gasteiger partial charge in [-0.05, 0) is 94.0 Å². The summed E-state index contributed by atoms with van der Waals surface area (Å²) in [5.41, 5.74) is 3.35. The van der Waals surface area contributed by atoms with Crippen LogP contribution in [-0.4, -0.2) is 9.13 Å². The lowest BCUT2D eigenvalue weighted by molar-refractivity contribution is -0.138. The van der Waals surface area contributed by atoms with Gasteiger partial charge in [0.1, 0.15) is 0 Å². The normalized spacial score (nSPS) is 12.0. The van der Waals surface area contributed by atoms with E-state index in [4.69, 9.17) is 0 Å². The molecule has 10 heteroatoms. The quantitative estimate of drug-likeness (QED) is 0.162. The smallest absolute Gasteiger partial charge is 0.309 e. The number of alkyl halides is 6. The topological polar surface area (TPSA) is 57.4 Å². The number of nitrogens with zero attached hydrogens (tertiary/aromatic N) is 4. The van der Waals surface area contributed by atoms with Crippen molar-refractivity contribution in [2.45, 2.75) is 12.4 Å². The number of rotatable bonds is 5. The number of halogens is 6. The summed E-state index contributed by atoms with van der Waals surface area (Å²) >= 11 is 0. The Morgan fingerprint density at radius 1 is 0.355 bits per heavy atom. The largest absolute Gasteiger partial charge is 0.418 e. The van der Waals surface area contributed by atoms with Crippen molar-refractivity contribution in [2.24, 2.45) is 0 Å². The molecule has 0 bridgehead atoms. The molecule has 0 amide bonds. The zero-order valence-electron chi connectivity index (χ0n) is 32.2. The zero-order valence-corrected chi connectivity index (χ0v) is 32.2. The van der Waals surface area contributed by atoms with Gasteiger partial charge in [0.2, 0.25) is 0 Å². The molecule has 298 valence electrons. The summed E-state index contributed by atoms with van der Waals surface area (Å²) in [4.78, 5) is 0. The highest BCUT2D eigenvalue weighted by atomic mass is 19.4. The van der Waals surface area contributed by atoms with Gasteiger partial charge in [-0.2, -0.15) is 36.9 Å². The molecule has 2 aromatic heterocycles. The second-order valence-electron chi connectivity index (χ2n) is 14.9. The van der Waals surface area contributed by atoms with Crippen LogP contribution >= 0.6 is 0 Å². The van der Waals surface area contributed by atoms with Crippen molar-refractivity contribution in [1.82, 2.24) is 9.13 Å². The van der Waals surface area contributed by atoms with E-state index in [9.17, 15) is 10.5 Å². The van der Waals surface area contributed by atoms with Crippen molar-refractivity contribution in [1.29, 1.82) is 10.5 Å². The van der Waals surface area contributed by atoms with Gasteiger partial charge in [0, 0.05) is 21.5 Å². The van der Waals surface area contributed by atoms with Crippen molar-refractivity contribution in [3.8, 4) is 56.9 Å². The summed E-state index contributed by atoms with van der Waals surface area (Å²) in [7, 11) is 0. The Kier molecular flexibility index (Phi) is 8.79. The summed E-state index contributed by atoms with van der Waals surface area (Å²) in [6.07, 6.45) is -9.63. The molecule has 0 aliphatic heterocycles. The summed E-state index contributed by atoms with van der Waals surface area (Å²) < 4.78 is 94.0. The third-order valence-electron chi connectivity index (χ3n) is 11.5. The molecule has 0 saturated carbocycles. The average Bonchev–Trinajstić information content (AvgIpc) is 3.80. The van der Waals surface area contributed by atoms with Gasteiger partial charge in [0.25, 0.3) is 0 Å². The van der Waals surface area contributed by atoms with Crippen LogP contribution in [0.5, 0.6) is 0 Å². The second kappa shape index (κ2) is 14.3. The first kappa shape index (κ1) is 38.1. The lowest BCUT2D eigenvalue weighted by Crippen LogP contribution is -2.12. The molecular weight excluding hydrogens is 795 g/mol. The Labute approximate surface area is 350 Å². The van der Waals surface area contributed by atoms with E-state index in [2.05, 4.69) is 12.1 Å². The monoisotopic (exact) mass is 822 g/mol. The maximum absolute atomic E-state index is 15.2. The van der Waals surface area contributed by atoms with Crippen LogP contribution in [0.2, 0.25) is 0 Å². The molecule has 2 heterocycles. The summed E-state index contributed by atoms with van der Waals surface area (Å²) in [6.45, 7) is 0. The van der Waals surface area contributed by atoms with E-state index in [0.717, 1.165) is 12.1 Å². The number of fused-ring (bicyclic) bond motifs is 6. The van der Waals surface area contributed by atoms with E-state index in [1.807, 2.05) is 36.4 Å². The molecule has 0 fully saturated rings. The SMILES string of the molecule is N#Cc1ccccc1-c1ccc2c3ccccc3n(-c3cc(-c4ccc(C(F)(F)F)c(-n5c6ccccc6c6ccc(-c7ccccc7C#N)cc65)c4)ccc3C(F)(F)F)c2c1. The van der Waals surface area contributed by atoms with Crippen LogP contribution in [0.15, 0.2) is 170 Å². The zero-order chi connectivity index (χ0) is 42.9.